The summed E-state index contributed by atoms with van der Waals surface area (Å²) in [5.74, 6) is 1.37. The maximum Gasteiger partial charge on any atom is 0.195 e. The topological polar surface area (TPSA) is 35.5 Å². The zero-order valence-electron chi connectivity index (χ0n) is 12.3. The van der Waals surface area contributed by atoms with Gasteiger partial charge in [0.05, 0.1) is 18.1 Å². The van der Waals surface area contributed by atoms with Crippen LogP contribution in [0.1, 0.15) is 29.1 Å². The molecule has 21 heavy (non-hydrogen) atoms. The lowest BCUT2D eigenvalue weighted by Crippen LogP contribution is -2.06. The van der Waals surface area contributed by atoms with E-state index in [1.54, 1.807) is 19.3 Å². The normalized spacial score (nSPS) is 11.0. The highest BCUT2D eigenvalue weighted by molar-refractivity contribution is 7.12. The molecular weight excluding hydrogens is 284 g/mol. The Balaban J connectivity index is 2.18. The third-order valence-electron chi connectivity index (χ3n) is 2.74. The second kappa shape index (κ2) is 7.09. The third-order valence-corrected chi connectivity index (χ3v) is 3.63. The average molecular weight is 302 g/mol. The number of thiophene rings is 1. The van der Waals surface area contributed by atoms with Crippen molar-refractivity contribution in [3.05, 3.63) is 52.2 Å². The number of hydrogen-bond donors (Lipinski definition) is 0. The molecule has 0 radical (unpaired) electrons. The van der Waals surface area contributed by atoms with Crippen LogP contribution in [-0.2, 0) is 0 Å². The van der Waals surface area contributed by atoms with Crippen LogP contribution < -0.4 is 9.47 Å². The van der Waals surface area contributed by atoms with Crippen LogP contribution in [0.5, 0.6) is 11.5 Å². The zero-order valence-corrected chi connectivity index (χ0v) is 13.1. The molecule has 0 atom stereocenters. The number of hydrogen-bond acceptors (Lipinski definition) is 4. The lowest BCUT2D eigenvalue weighted by atomic mass is 10.1. The van der Waals surface area contributed by atoms with Gasteiger partial charge in [0.25, 0.3) is 0 Å². The molecule has 2 aromatic rings. The molecule has 0 aliphatic rings. The molecule has 110 valence electrons. The van der Waals surface area contributed by atoms with Crippen molar-refractivity contribution < 1.29 is 14.3 Å². The van der Waals surface area contributed by atoms with Crippen molar-refractivity contribution in [2.75, 3.05) is 7.11 Å². The van der Waals surface area contributed by atoms with Crippen molar-refractivity contribution in [1.29, 1.82) is 0 Å². The van der Waals surface area contributed by atoms with E-state index in [4.69, 9.17) is 9.47 Å². The molecule has 0 saturated heterocycles. The molecule has 2 rings (SSSR count). The third kappa shape index (κ3) is 4.20. The maximum absolute atomic E-state index is 11.9. The van der Waals surface area contributed by atoms with Gasteiger partial charge < -0.3 is 9.47 Å². The van der Waals surface area contributed by atoms with E-state index in [0.29, 0.717) is 11.5 Å². The van der Waals surface area contributed by atoms with Gasteiger partial charge in [-0.3, -0.25) is 4.79 Å². The van der Waals surface area contributed by atoms with Crippen LogP contribution in [-0.4, -0.2) is 19.0 Å². The Bertz CT molecular complexity index is 627. The first kappa shape index (κ1) is 15.3. The summed E-state index contributed by atoms with van der Waals surface area (Å²) in [4.78, 5) is 12.7. The molecule has 0 aliphatic carbocycles. The van der Waals surface area contributed by atoms with Gasteiger partial charge in [0.15, 0.2) is 17.3 Å². The number of carbonyl (C=O) groups excluding carboxylic acids is 1. The molecule has 1 heterocycles. The summed E-state index contributed by atoms with van der Waals surface area (Å²) in [5, 5.41) is 1.89. The molecule has 3 nitrogen and oxygen atoms in total. The first-order valence-electron chi connectivity index (χ1n) is 6.70. The van der Waals surface area contributed by atoms with Gasteiger partial charge in [0.1, 0.15) is 0 Å². The Morgan fingerprint density at radius 1 is 1.24 bits per heavy atom. The van der Waals surface area contributed by atoms with E-state index in [-0.39, 0.29) is 11.9 Å². The minimum absolute atomic E-state index is 0.00662. The first-order valence-corrected chi connectivity index (χ1v) is 7.58. The van der Waals surface area contributed by atoms with Crippen molar-refractivity contribution in [3.8, 4) is 11.5 Å². The SMILES string of the molecule is COc1ccc(/C=C/C(=O)c2cccs2)cc1OC(C)C. The van der Waals surface area contributed by atoms with E-state index in [1.165, 1.54) is 11.3 Å². The van der Waals surface area contributed by atoms with Crippen LogP contribution in [0.4, 0.5) is 0 Å². The van der Waals surface area contributed by atoms with Gasteiger partial charge in [-0.1, -0.05) is 18.2 Å². The summed E-state index contributed by atoms with van der Waals surface area (Å²) < 4.78 is 11.0. The summed E-state index contributed by atoms with van der Waals surface area (Å²) in [6.45, 7) is 3.92. The van der Waals surface area contributed by atoms with Crippen molar-refractivity contribution in [1.82, 2.24) is 0 Å². The number of rotatable bonds is 6. The predicted octanol–water partition coefficient (Wildman–Crippen LogP) is 4.44. The van der Waals surface area contributed by atoms with Crippen LogP contribution >= 0.6 is 11.3 Å². The zero-order chi connectivity index (χ0) is 15.2. The number of benzene rings is 1. The lowest BCUT2D eigenvalue weighted by molar-refractivity contribution is 0.105. The Hall–Kier alpha value is -2.07. The number of ether oxygens (including phenoxy) is 2. The van der Waals surface area contributed by atoms with Gasteiger partial charge in [-0.2, -0.15) is 0 Å². The predicted molar refractivity (Wildman–Crippen MR) is 86.4 cm³/mol. The van der Waals surface area contributed by atoms with Crippen molar-refractivity contribution in [2.45, 2.75) is 20.0 Å². The van der Waals surface area contributed by atoms with Crippen LogP contribution in [0.25, 0.3) is 6.08 Å². The molecule has 1 aromatic carbocycles. The minimum atomic E-state index is 0.00662. The Morgan fingerprint density at radius 3 is 2.67 bits per heavy atom. The molecule has 0 amide bonds. The summed E-state index contributed by atoms with van der Waals surface area (Å²) >= 11 is 1.44. The van der Waals surface area contributed by atoms with E-state index in [2.05, 4.69) is 0 Å². The molecule has 0 N–H and O–H groups in total. The highest BCUT2D eigenvalue weighted by Gasteiger charge is 2.07. The number of ketones is 1. The van der Waals surface area contributed by atoms with Crippen molar-refractivity contribution >= 4 is 23.2 Å². The molecule has 4 heteroatoms. The Kier molecular flexibility index (Phi) is 5.17. The van der Waals surface area contributed by atoms with Crippen LogP contribution in [0.3, 0.4) is 0 Å². The molecule has 1 aromatic heterocycles. The summed E-state index contributed by atoms with van der Waals surface area (Å²) in [5.41, 5.74) is 0.899. The Labute approximate surface area is 128 Å². The molecule has 0 bridgehead atoms. The lowest BCUT2D eigenvalue weighted by Gasteiger charge is -2.13. The van der Waals surface area contributed by atoms with Gasteiger partial charge >= 0.3 is 0 Å². The fraction of sp³-hybridized carbons (Fsp3) is 0.235. The monoisotopic (exact) mass is 302 g/mol. The largest absolute Gasteiger partial charge is 0.493 e. The highest BCUT2D eigenvalue weighted by atomic mass is 32.1. The molecule has 0 saturated carbocycles. The molecule has 0 unspecified atom stereocenters. The average Bonchev–Trinajstić information content (AvgIpc) is 2.98. The first-order chi connectivity index (χ1) is 10.1. The molecule has 0 aliphatic heterocycles. The van der Waals surface area contributed by atoms with E-state index in [9.17, 15) is 4.79 Å². The number of methoxy groups -OCH3 is 1. The molecule has 0 spiro atoms. The maximum atomic E-state index is 11.9. The van der Waals surface area contributed by atoms with Crippen LogP contribution in [0.15, 0.2) is 41.8 Å². The smallest absolute Gasteiger partial charge is 0.195 e. The number of carbonyl (C=O) groups is 1. The second-order valence-electron chi connectivity index (χ2n) is 4.75. The van der Waals surface area contributed by atoms with Gasteiger partial charge in [0.2, 0.25) is 0 Å². The summed E-state index contributed by atoms with van der Waals surface area (Å²) in [6.07, 6.45) is 3.42. The highest BCUT2D eigenvalue weighted by Crippen LogP contribution is 2.29. The standard InChI is InChI=1S/C17H18O3S/c1-12(2)20-16-11-13(7-9-15(16)19-3)6-8-14(18)17-5-4-10-21-17/h4-12H,1-3H3/b8-6+. The van der Waals surface area contributed by atoms with Crippen LogP contribution in [0, 0.1) is 0 Å². The molecular formula is C17H18O3S. The van der Waals surface area contributed by atoms with Gasteiger partial charge in [0, 0.05) is 0 Å². The fourth-order valence-electron chi connectivity index (χ4n) is 1.82. The van der Waals surface area contributed by atoms with E-state index in [0.717, 1.165) is 10.4 Å². The van der Waals surface area contributed by atoms with Crippen LogP contribution in [0.2, 0.25) is 0 Å². The van der Waals surface area contributed by atoms with Gasteiger partial charge in [-0.25, -0.2) is 0 Å². The van der Waals surface area contributed by atoms with E-state index in [1.807, 2.05) is 49.6 Å². The number of allylic oxidation sites excluding steroid dienone is 1. The fourth-order valence-corrected chi connectivity index (χ4v) is 2.46. The summed E-state index contributed by atoms with van der Waals surface area (Å²) in [6, 6.07) is 9.29. The van der Waals surface area contributed by atoms with E-state index < -0.39 is 0 Å². The van der Waals surface area contributed by atoms with Gasteiger partial charge in [-0.15, -0.1) is 11.3 Å². The quantitative estimate of drug-likeness (QED) is 0.584. The van der Waals surface area contributed by atoms with Gasteiger partial charge in [-0.05, 0) is 49.1 Å². The summed E-state index contributed by atoms with van der Waals surface area (Å²) in [7, 11) is 1.61. The van der Waals surface area contributed by atoms with Crippen molar-refractivity contribution in [2.24, 2.45) is 0 Å². The van der Waals surface area contributed by atoms with E-state index >= 15 is 0 Å². The second-order valence-corrected chi connectivity index (χ2v) is 5.70. The minimum Gasteiger partial charge on any atom is -0.493 e. The van der Waals surface area contributed by atoms with Crippen molar-refractivity contribution in [3.63, 3.8) is 0 Å². The molecule has 0 fully saturated rings. The Morgan fingerprint density at radius 2 is 2.05 bits per heavy atom.